The number of carbonyl (C=O) groups excluding carboxylic acids is 1. The molecule has 0 aliphatic heterocycles. The monoisotopic (exact) mass is 281 g/mol. The summed E-state index contributed by atoms with van der Waals surface area (Å²) in [7, 11) is 0. The van der Waals surface area contributed by atoms with Crippen LogP contribution in [0.25, 0.3) is 0 Å². The number of amides is 1. The molecule has 1 aromatic rings. The summed E-state index contributed by atoms with van der Waals surface area (Å²) in [6.07, 6.45) is 5.10. The van der Waals surface area contributed by atoms with Crippen LogP contribution >= 0.6 is 11.6 Å². The average molecular weight is 282 g/mol. The van der Waals surface area contributed by atoms with E-state index in [1.165, 1.54) is 12.8 Å². The van der Waals surface area contributed by atoms with Crippen LogP contribution in [-0.4, -0.2) is 24.0 Å². The highest BCUT2D eigenvalue weighted by molar-refractivity contribution is 6.33. The minimum atomic E-state index is -0.0998. The third-order valence-corrected chi connectivity index (χ3v) is 4.07. The van der Waals surface area contributed by atoms with Crippen LogP contribution < -0.4 is 10.6 Å². The molecule has 19 heavy (non-hydrogen) atoms. The Kier molecular flexibility index (Phi) is 4.30. The van der Waals surface area contributed by atoms with Gasteiger partial charge in [-0.05, 0) is 37.7 Å². The number of rotatable bonds is 6. The smallest absolute Gasteiger partial charge is 0.252 e. The van der Waals surface area contributed by atoms with Gasteiger partial charge >= 0.3 is 0 Å². The molecule has 2 N–H and O–H groups in total. The fourth-order valence-corrected chi connectivity index (χ4v) is 2.29. The van der Waals surface area contributed by atoms with Gasteiger partial charge in [0.15, 0.2) is 0 Å². The van der Waals surface area contributed by atoms with Gasteiger partial charge in [0.25, 0.3) is 5.91 Å². The molecule has 1 aliphatic rings. The molecule has 0 radical (unpaired) electrons. The van der Waals surface area contributed by atoms with Crippen molar-refractivity contribution in [1.29, 1.82) is 0 Å². The zero-order valence-corrected chi connectivity index (χ0v) is 12.2. The van der Waals surface area contributed by atoms with Gasteiger partial charge in [-0.15, -0.1) is 0 Å². The Morgan fingerprint density at radius 2 is 2.21 bits per heavy atom. The van der Waals surface area contributed by atoms with Gasteiger partial charge in [-0.25, -0.2) is 4.98 Å². The molecule has 5 heteroatoms. The highest BCUT2D eigenvalue weighted by Crippen LogP contribution is 2.47. The van der Waals surface area contributed by atoms with Crippen LogP contribution in [0.2, 0.25) is 5.02 Å². The molecule has 0 spiro atoms. The van der Waals surface area contributed by atoms with Crippen molar-refractivity contribution < 1.29 is 4.79 Å². The van der Waals surface area contributed by atoms with Gasteiger partial charge in [-0.1, -0.05) is 18.5 Å². The molecule has 104 valence electrons. The Balaban J connectivity index is 1.97. The predicted molar refractivity (Wildman–Crippen MR) is 77.7 cm³/mol. The predicted octanol–water partition coefficient (Wildman–Crippen LogP) is 3.09. The Bertz CT molecular complexity index is 472. The number of hydrogen-bond acceptors (Lipinski definition) is 3. The van der Waals surface area contributed by atoms with E-state index in [1.807, 2.05) is 6.92 Å². The summed E-state index contributed by atoms with van der Waals surface area (Å²) in [5.41, 5.74) is 0.856. The van der Waals surface area contributed by atoms with Gasteiger partial charge in [-0.3, -0.25) is 4.79 Å². The summed E-state index contributed by atoms with van der Waals surface area (Å²) in [5.74, 6) is 0.519. The maximum atomic E-state index is 12.0. The Hall–Kier alpha value is -1.29. The molecule has 1 aliphatic carbocycles. The molecule has 1 fully saturated rings. The normalized spacial score (nSPS) is 15.9. The lowest BCUT2D eigenvalue weighted by molar-refractivity contribution is 0.0944. The number of halogens is 1. The van der Waals surface area contributed by atoms with Crippen molar-refractivity contribution in [3.63, 3.8) is 0 Å². The molecule has 2 rings (SSSR count). The summed E-state index contributed by atoms with van der Waals surface area (Å²) in [5, 5.41) is 6.49. The SMILES string of the molecule is CCNc1ncc(C(=O)NCC2(CC)CC2)cc1Cl. The first kappa shape index (κ1) is 14.1. The second-order valence-corrected chi connectivity index (χ2v) is 5.53. The van der Waals surface area contributed by atoms with Crippen molar-refractivity contribution in [1.82, 2.24) is 10.3 Å². The molecule has 1 amide bonds. The molecular formula is C14H20ClN3O. The largest absolute Gasteiger partial charge is 0.369 e. The van der Waals surface area contributed by atoms with E-state index in [4.69, 9.17) is 11.6 Å². The first-order valence-electron chi connectivity index (χ1n) is 6.78. The molecule has 1 heterocycles. The summed E-state index contributed by atoms with van der Waals surface area (Å²) in [6, 6.07) is 1.66. The van der Waals surface area contributed by atoms with E-state index in [2.05, 4.69) is 22.5 Å². The molecule has 0 aromatic carbocycles. The van der Waals surface area contributed by atoms with Crippen LogP contribution in [0.15, 0.2) is 12.3 Å². The van der Waals surface area contributed by atoms with Crippen molar-refractivity contribution in [2.45, 2.75) is 33.1 Å². The van der Waals surface area contributed by atoms with Crippen LogP contribution in [-0.2, 0) is 0 Å². The number of pyridine rings is 1. The first-order valence-corrected chi connectivity index (χ1v) is 7.15. The minimum Gasteiger partial charge on any atom is -0.369 e. The maximum absolute atomic E-state index is 12.0. The lowest BCUT2D eigenvalue weighted by Crippen LogP contribution is -2.30. The van der Waals surface area contributed by atoms with Crippen molar-refractivity contribution in [2.75, 3.05) is 18.4 Å². The molecule has 0 atom stereocenters. The standard InChI is InChI=1S/C14H20ClN3O/c1-3-14(5-6-14)9-18-13(19)10-7-11(15)12(16-4-2)17-8-10/h7-8H,3-6,9H2,1-2H3,(H,16,17)(H,18,19). The van der Waals surface area contributed by atoms with Crippen LogP contribution in [0.5, 0.6) is 0 Å². The maximum Gasteiger partial charge on any atom is 0.252 e. The van der Waals surface area contributed by atoms with Crippen LogP contribution in [0.1, 0.15) is 43.5 Å². The van der Waals surface area contributed by atoms with Gasteiger partial charge in [0.2, 0.25) is 0 Å². The Morgan fingerprint density at radius 3 is 2.74 bits per heavy atom. The number of anilines is 1. The average Bonchev–Trinajstić information content (AvgIpc) is 3.19. The Labute approximate surface area is 118 Å². The minimum absolute atomic E-state index is 0.0998. The van der Waals surface area contributed by atoms with Gasteiger partial charge in [0.1, 0.15) is 5.82 Å². The number of nitrogens with zero attached hydrogens (tertiary/aromatic N) is 1. The molecule has 1 aromatic heterocycles. The Morgan fingerprint density at radius 1 is 1.47 bits per heavy atom. The van der Waals surface area contributed by atoms with E-state index >= 15 is 0 Å². The van der Waals surface area contributed by atoms with Crippen molar-refractivity contribution in [3.8, 4) is 0 Å². The van der Waals surface area contributed by atoms with Crippen LogP contribution in [0.4, 0.5) is 5.82 Å². The molecular weight excluding hydrogens is 262 g/mol. The van der Waals surface area contributed by atoms with E-state index in [-0.39, 0.29) is 5.91 Å². The van der Waals surface area contributed by atoms with E-state index in [0.29, 0.717) is 21.8 Å². The quantitative estimate of drug-likeness (QED) is 0.842. The summed E-state index contributed by atoms with van der Waals surface area (Å²) < 4.78 is 0. The first-order chi connectivity index (χ1) is 9.10. The van der Waals surface area contributed by atoms with Crippen molar-refractivity contribution in [2.24, 2.45) is 5.41 Å². The summed E-state index contributed by atoms with van der Waals surface area (Å²) >= 11 is 6.08. The summed E-state index contributed by atoms with van der Waals surface area (Å²) in [4.78, 5) is 16.2. The third-order valence-electron chi connectivity index (χ3n) is 3.78. The van der Waals surface area contributed by atoms with E-state index in [1.54, 1.807) is 12.3 Å². The molecule has 0 saturated heterocycles. The molecule has 0 bridgehead atoms. The van der Waals surface area contributed by atoms with Gasteiger partial charge in [-0.2, -0.15) is 0 Å². The van der Waals surface area contributed by atoms with Gasteiger partial charge in [0.05, 0.1) is 10.6 Å². The number of nitrogens with one attached hydrogen (secondary N) is 2. The summed E-state index contributed by atoms with van der Waals surface area (Å²) in [6.45, 7) is 5.63. The van der Waals surface area contributed by atoms with Crippen LogP contribution in [0.3, 0.4) is 0 Å². The fraction of sp³-hybridized carbons (Fsp3) is 0.571. The second-order valence-electron chi connectivity index (χ2n) is 5.12. The molecule has 4 nitrogen and oxygen atoms in total. The zero-order chi connectivity index (χ0) is 13.9. The molecule has 1 saturated carbocycles. The van der Waals surface area contributed by atoms with E-state index in [0.717, 1.165) is 19.5 Å². The van der Waals surface area contributed by atoms with E-state index in [9.17, 15) is 4.79 Å². The number of hydrogen-bond donors (Lipinski definition) is 2. The van der Waals surface area contributed by atoms with Gasteiger partial charge < -0.3 is 10.6 Å². The fourth-order valence-electron chi connectivity index (χ4n) is 2.06. The molecule has 0 unspecified atom stereocenters. The van der Waals surface area contributed by atoms with E-state index < -0.39 is 0 Å². The third kappa shape index (κ3) is 3.38. The number of aromatic nitrogens is 1. The topological polar surface area (TPSA) is 54.0 Å². The number of carbonyl (C=O) groups is 1. The zero-order valence-electron chi connectivity index (χ0n) is 11.4. The lowest BCUT2D eigenvalue weighted by Gasteiger charge is -2.13. The second kappa shape index (κ2) is 5.78. The van der Waals surface area contributed by atoms with Gasteiger partial charge in [0, 0.05) is 19.3 Å². The lowest BCUT2D eigenvalue weighted by atomic mass is 10.0. The van der Waals surface area contributed by atoms with Crippen LogP contribution in [0, 0.1) is 5.41 Å². The van der Waals surface area contributed by atoms with Crippen molar-refractivity contribution >= 4 is 23.3 Å². The highest BCUT2D eigenvalue weighted by Gasteiger charge is 2.40. The van der Waals surface area contributed by atoms with Crippen molar-refractivity contribution in [3.05, 3.63) is 22.8 Å². The highest BCUT2D eigenvalue weighted by atomic mass is 35.5.